The number of benzene rings is 1. The van der Waals surface area contributed by atoms with E-state index in [4.69, 9.17) is 5.73 Å². The van der Waals surface area contributed by atoms with Crippen molar-refractivity contribution in [3.8, 4) is 0 Å². The molecule has 1 aromatic carbocycles. The van der Waals surface area contributed by atoms with E-state index in [1.54, 1.807) is 11.8 Å². The highest BCUT2D eigenvalue weighted by Gasteiger charge is 2.35. The van der Waals surface area contributed by atoms with E-state index in [1.807, 2.05) is 30.0 Å². The number of allylic oxidation sites excluding steroid dienone is 3. The van der Waals surface area contributed by atoms with Crippen molar-refractivity contribution in [3.63, 3.8) is 0 Å². The summed E-state index contributed by atoms with van der Waals surface area (Å²) >= 11 is 1.57. The minimum absolute atomic E-state index is 0.170. The molecule has 2 N–H and O–H groups in total. The molecular formula is C15H16N2OS. The molecule has 3 nitrogen and oxygen atoms in total. The molecule has 0 fully saturated rings. The van der Waals surface area contributed by atoms with E-state index in [0.29, 0.717) is 13.0 Å². The Hall–Kier alpha value is -1.52. The van der Waals surface area contributed by atoms with Crippen LogP contribution < -0.4 is 5.73 Å². The van der Waals surface area contributed by atoms with Gasteiger partial charge < -0.3 is 10.6 Å². The molecule has 1 unspecified atom stereocenters. The van der Waals surface area contributed by atoms with Crippen LogP contribution in [0.4, 0.5) is 0 Å². The fourth-order valence-corrected chi connectivity index (χ4v) is 3.66. The monoisotopic (exact) mass is 272 g/mol. The Labute approximate surface area is 117 Å². The van der Waals surface area contributed by atoms with E-state index in [1.165, 1.54) is 5.56 Å². The molecule has 0 bridgehead atoms. The lowest BCUT2D eigenvalue weighted by Crippen LogP contribution is -2.37. The molecule has 98 valence electrons. The number of thioether (sulfide) groups is 1. The number of ketones is 1. The lowest BCUT2D eigenvalue weighted by molar-refractivity contribution is -0.116. The molecule has 1 aromatic rings. The molecule has 2 aliphatic rings. The van der Waals surface area contributed by atoms with Crippen LogP contribution in [0, 0.1) is 0 Å². The van der Waals surface area contributed by atoms with Crippen LogP contribution in [0.3, 0.4) is 0 Å². The van der Waals surface area contributed by atoms with Crippen molar-refractivity contribution in [3.05, 3.63) is 58.1 Å². The van der Waals surface area contributed by atoms with Crippen LogP contribution in [0.2, 0.25) is 0 Å². The van der Waals surface area contributed by atoms with Crippen LogP contribution >= 0.6 is 11.8 Å². The summed E-state index contributed by atoms with van der Waals surface area (Å²) in [6.45, 7) is 2.68. The largest absolute Gasteiger partial charge is 0.339 e. The third-order valence-corrected chi connectivity index (χ3v) is 4.41. The Kier molecular flexibility index (Phi) is 3.21. The van der Waals surface area contributed by atoms with Gasteiger partial charge in [0.25, 0.3) is 0 Å². The van der Waals surface area contributed by atoms with Gasteiger partial charge >= 0.3 is 0 Å². The van der Waals surface area contributed by atoms with Crippen LogP contribution in [-0.4, -0.2) is 16.2 Å². The molecule has 0 saturated heterocycles. The topological polar surface area (TPSA) is 46.3 Å². The molecule has 1 aliphatic carbocycles. The van der Waals surface area contributed by atoms with E-state index < -0.39 is 0 Å². The lowest BCUT2D eigenvalue weighted by atomic mass is 10.0. The van der Waals surface area contributed by atoms with Gasteiger partial charge in [0, 0.05) is 17.9 Å². The fraction of sp³-hybridized carbons (Fsp3) is 0.267. The maximum atomic E-state index is 12.2. The minimum Gasteiger partial charge on any atom is -0.339 e. The molecule has 0 amide bonds. The second-order valence-electron chi connectivity index (χ2n) is 4.93. The number of nitrogens with two attached hydrogens (primary N) is 1. The number of hydrogen-bond donors (Lipinski definition) is 1. The van der Waals surface area contributed by atoms with Crippen molar-refractivity contribution in [2.45, 2.75) is 25.4 Å². The average molecular weight is 272 g/mol. The van der Waals surface area contributed by atoms with E-state index in [-0.39, 0.29) is 11.3 Å². The number of carbonyl (C=O) groups is 1. The summed E-state index contributed by atoms with van der Waals surface area (Å²) in [5, 5.41) is 0. The van der Waals surface area contributed by atoms with Gasteiger partial charge in [-0.3, -0.25) is 4.79 Å². The first-order valence-corrected chi connectivity index (χ1v) is 7.20. The molecule has 0 radical (unpaired) electrons. The highest BCUT2D eigenvalue weighted by molar-refractivity contribution is 8.04. The van der Waals surface area contributed by atoms with E-state index in [2.05, 4.69) is 18.2 Å². The predicted octanol–water partition coefficient (Wildman–Crippen LogP) is 2.61. The number of carbonyl (C=O) groups excluding carboxylic acids is 1. The number of Topliss-reactive ketones (excluding diaryl/α,β-unsaturated/α-hetero) is 1. The zero-order chi connectivity index (χ0) is 13.4. The van der Waals surface area contributed by atoms with Gasteiger partial charge in [-0.1, -0.05) is 47.7 Å². The average Bonchev–Trinajstić information content (AvgIpc) is 2.67. The summed E-state index contributed by atoms with van der Waals surface area (Å²) in [6, 6.07) is 10.1. The maximum Gasteiger partial charge on any atom is 0.184 e. The van der Waals surface area contributed by atoms with Crippen LogP contribution in [-0.2, 0) is 11.3 Å². The Morgan fingerprint density at radius 3 is 2.84 bits per heavy atom. The molecule has 4 heteroatoms. The van der Waals surface area contributed by atoms with Gasteiger partial charge in [0.1, 0.15) is 5.50 Å². The van der Waals surface area contributed by atoms with Crippen molar-refractivity contribution in [1.29, 1.82) is 0 Å². The quantitative estimate of drug-likeness (QED) is 0.899. The summed E-state index contributed by atoms with van der Waals surface area (Å²) in [4.78, 5) is 15.3. The van der Waals surface area contributed by atoms with Crippen LogP contribution in [0.25, 0.3) is 0 Å². The first-order valence-electron chi connectivity index (χ1n) is 6.32. The predicted molar refractivity (Wildman–Crippen MR) is 78.0 cm³/mol. The van der Waals surface area contributed by atoms with Crippen LogP contribution in [0.5, 0.6) is 0 Å². The minimum atomic E-state index is -0.170. The molecule has 3 rings (SSSR count). The first kappa shape index (κ1) is 12.5. The molecule has 1 heterocycles. The molecule has 19 heavy (non-hydrogen) atoms. The maximum absolute atomic E-state index is 12.2. The zero-order valence-electron chi connectivity index (χ0n) is 10.8. The van der Waals surface area contributed by atoms with Crippen molar-refractivity contribution in [2.24, 2.45) is 5.73 Å². The second kappa shape index (κ2) is 4.87. The van der Waals surface area contributed by atoms with Crippen molar-refractivity contribution in [2.75, 3.05) is 0 Å². The molecule has 0 saturated carbocycles. The molecule has 1 aliphatic heterocycles. The number of rotatable bonds is 2. The van der Waals surface area contributed by atoms with Gasteiger partial charge in [-0.2, -0.15) is 0 Å². The van der Waals surface area contributed by atoms with E-state index in [0.717, 1.165) is 16.2 Å². The smallest absolute Gasteiger partial charge is 0.184 e. The number of hydrogen-bond acceptors (Lipinski definition) is 4. The first-order chi connectivity index (χ1) is 9.15. The second-order valence-corrected chi connectivity index (χ2v) is 6.08. The van der Waals surface area contributed by atoms with Gasteiger partial charge in [0.05, 0.1) is 5.70 Å². The SMILES string of the molecule is CC1=CC2=C(C(=O)C1)N(Cc1ccccc1)C(N)S2. The van der Waals surface area contributed by atoms with Gasteiger partial charge in [-0.15, -0.1) is 0 Å². The Balaban J connectivity index is 1.91. The lowest BCUT2D eigenvalue weighted by Gasteiger charge is -2.26. The summed E-state index contributed by atoms with van der Waals surface area (Å²) in [5.41, 5.74) is 9.08. The molecule has 0 spiro atoms. The Morgan fingerprint density at radius 2 is 2.11 bits per heavy atom. The Bertz CT molecular complexity index is 577. The molecule has 1 atom stereocenters. The highest BCUT2D eigenvalue weighted by Crippen LogP contribution is 2.41. The third kappa shape index (κ3) is 2.33. The van der Waals surface area contributed by atoms with Gasteiger partial charge in [0.2, 0.25) is 0 Å². The van der Waals surface area contributed by atoms with Crippen molar-refractivity contribution < 1.29 is 4.79 Å². The van der Waals surface area contributed by atoms with Crippen molar-refractivity contribution in [1.82, 2.24) is 4.90 Å². The van der Waals surface area contributed by atoms with Gasteiger partial charge in [-0.05, 0) is 18.6 Å². The van der Waals surface area contributed by atoms with Gasteiger partial charge in [0.15, 0.2) is 5.78 Å². The summed E-state index contributed by atoms with van der Waals surface area (Å²) in [7, 11) is 0. The summed E-state index contributed by atoms with van der Waals surface area (Å²) in [5.74, 6) is 0.186. The zero-order valence-corrected chi connectivity index (χ0v) is 11.6. The number of nitrogens with zero attached hydrogens (tertiary/aromatic N) is 1. The standard InChI is InChI=1S/C15H16N2OS/c1-10-7-12(18)14-13(8-10)19-15(16)17(14)9-11-5-3-2-4-6-11/h2-6,8,15H,7,9,16H2,1H3. The summed E-state index contributed by atoms with van der Waals surface area (Å²) in [6.07, 6.45) is 2.60. The van der Waals surface area contributed by atoms with Crippen molar-refractivity contribution >= 4 is 17.5 Å². The fourth-order valence-electron chi connectivity index (χ4n) is 2.48. The highest BCUT2D eigenvalue weighted by atomic mass is 32.2. The normalized spacial score (nSPS) is 22.6. The van der Waals surface area contributed by atoms with Crippen LogP contribution in [0.1, 0.15) is 18.9 Å². The Morgan fingerprint density at radius 1 is 1.37 bits per heavy atom. The van der Waals surface area contributed by atoms with Crippen LogP contribution in [0.15, 0.2) is 52.6 Å². The summed E-state index contributed by atoms with van der Waals surface area (Å²) < 4.78 is 0. The van der Waals surface area contributed by atoms with Gasteiger partial charge in [-0.25, -0.2) is 0 Å². The van der Waals surface area contributed by atoms with E-state index in [9.17, 15) is 4.79 Å². The third-order valence-electron chi connectivity index (χ3n) is 3.35. The molecular weight excluding hydrogens is 256 g/mol. The van der Waals surface area contributed by atoms with E-state index >= 15 is 0 Å². The molecule has 0 aromatic heterocycles.